The Hall–Kier alpha value is -2.17. The van der Waals surface area contributed by atoms with Crippen LogP contribution in [0.4, 0.5) is 5.69 Å². The Balaban J connectivity index is 2.07. The second kappa shape index (κ2) is 5.91. The number of Topliss-reactive ketones (excluding diaryl/α,β-unsaturated/α-hetero) is 1. The molecule has 0 radical (unpaired) electrons. The number of allylic oxidation sites excluding steroid dienone is 1. The predicted octanol–water partition coefficient (Wildman–Crippen LogP) is 3.45. The van der Waals surface area contributed by atoms with Crippen LogP contribution in [-0.4, -0.2) is 20.5 Å². The quantitative estimate of drug-likeness (QED) is 0.654. The number of aryl methyl sites for hydroxylation is 1. The number of hydrogen-bond donors (Lipinski definition) is 1. The van der Waals surface area contributed by atoms with E-state index in [1.165, 1.54) is 12.8 Å². The maximum Gasteiger partial charge on any atom is 0.167 e. The number of pyridine rings is 1. The van der Waals surface area contributed by atoms with Crippen LogP contribution in [0.25, 0.3) is 11.0 Å². The molecule has 3 rings (SSSR count). The maximum absolute atomic E-state index is 12.3. The molecule has 1 aliphatic carbocycles. The molecule has 1 unspecified atom stereocenters. The van der Waals surface area contributed by atoms with E-state index in [1.54, 1.807) is 6.20 Å². The van der Waals surface area contributed by atoms with Crippen LogP contribution in [0.1, 0.15) is 61.0 Å². The van der Waals surface area contributed by atoms with Crippen molar-refractivity contribution in [3.63, 3.8) is 0 Å². The molecule has 116 valence electrons. The van der Waals surface area contributed by atoms with Gasteiger partial charge in [0.2, 0.25) is 0 Å². The van der Waals surface area contributed by atoms with Crippen LogP contribution < -0.4 is 5.73 Å². The van der Waals surface area contributed by atoms with Crippen LogP contribution in [-0.2, 0) is 6.54 Å². The van der Waals surface area contributed by atoms with Crippen LogP contribution in [0.5, 0.6) is 0 Å². The molecule has 5 heteroatoms. The molecule has 0 bridgehead atoms. The largest absolute Gasteiger partial charge is 0.397 e. The Bertz CT molecular complexity index is 732. The zero-order valence-corrected chi connectivity index (χ0v) is 13.0. The minimum atomic E-state index is 0.0903. The average Bonchev–Trinajstić information content (AvgIpc) is 3.03. The minimum Gasteiger partial charge on any atom is -0.397 e. The van der Waals surface area contributed by atoms with Gasteiger partial charge in [-0.2, -0.15) is 5.10 Å². The van der Waals surface area contributed by atoms with Crippen molar-refractivity contribution in [1.82, 2.24) is 14.8 Å². The smallest absolute Gasteiger partial charge is 0.167 e. The van der Waals surface area contributed by atoms with E-state index in [0.717, 1.165) is 36.1 Å². The molecule has 0 aromatic carbocycles. The molecule has 2 heterocycles. The Kier molecular flexibility index (Phi) is 3.96. The molecule has 22 heavy (non-hydrogen) atoms. The van der Waals surface area contributed by atoms with Gasteiger partial charge in [-0.1, -0.05) is 25.8 Å². The number of fused-ring (bicyclic) bond motifs is 2. The highest BCUT2D eigenvalue weighted by Gasteiger charge is 2.33. The number of hydrogen-bond acceptors (Lipinski definition) is 4. The predicted molar refractivity (Wildman–Crippen MR) is 88.0 cm³/mol. The molecule has 0 amide bonds. The molecule has 1 aliphatic rings. The van der Waals surface area contributed by atoms with Crippen LogP contribution in [0.2, 0.25) is 0 Å². The summed E-state index contributed by atoms with van der Waals surface area (Å²) in [6.45, 7) is 6.79. The normalized spacial score (nSPS) is 17.1. The van der Waals surface area contributed by atoms with Gasteiger partial charge in [0.25, 0.3) is 0 Å². The van der Waals surface area contributed by atoms with E-state index in [0.29, 0.717) is 17.7 Å². The van der Waals surface area contributed by atoms with Gasteiger partial charge >= 0.3 is 0 Å². The Morgan fingerprint density at radius 1 is 1.50 bits per heavy atom. The lowest BCUT2D eigenvalue weighted by Gasteiger charge is -2.10. The van der Waals surface area contributed by atoms with Crippen molar-refractivity contribution in [3.05, 3.63) is 30.1 Å². The van der Waals surface area contributed by atoms with Crippen LogP contribution in [0.3, 0.4) is 0 Å². The first-order valence-corrected chi connectivity index (χ1v) is 7.96. The van der Waals surface area contributed by atoms with E-state index >= 15 is 0 Å². The summed E-state index contributed by atoms with van der Waals surface area (Å²) < 4.78 is 1.91. The monoisotopic (exact) mass is 298 g/mol. The number of rotatable bonds is 6. The van der Waals surface area contributed by atoms with Crippen LogP contribution in [0, 0.1) is 0 Å². The molecule has 0 saturated carbocycles. The summed E-state index contributed by atoms with van der Waals surface area (Å²) in [5.41, 5.74) is 9.02. The number of aromatic nitrogens is 3. The van der Waals surface area contributed by atoms with Crippen molar-refractivity contribution in [2.45, 2.75) is 51.5 Å². The molecule has 0 aliphatic heterocycles. The third kappa shape index (κ3) is 2.30. The van der Waals surface area contributed by atoms with Gasteiger partial charge in [-0.3, -0.25) is 4.79 Å². The van der Waals surface area contributed by atoms with Crippen molar-refractivity contribution in [2.75, 3.05) is 5.73 Å². The highest BCUT2D eigenvalue weighted by atomic mass is 16.1. The molecule has 0 spiro atoms. The fourth-order valence-electron chi connectivity index (χ4n) is 3.21. The summed E-state index contributed by atoms with van der Waals surface area (Å²) in [6, 6.07) is 0. The van der Waals surface area contributed by atoms with Crippen molar-refractivity contribution >= 4 is 22.5 Å². The average molecular weight is 298 g/mol. The lowest BCUT2D eigenvalue weighted by Crippen LogP contribution is -2.06. The molecule has 1 atom stereocenters. The summed E-state index contributed by atoms with van der Waals surface area (Å²) in [6.07, 6.45) is 8.21. The molecule has 2 N–H and O–H groups in total. The second-order valence-corrected chi connectivity index (χ2v) is 5.95. The number of anilines is 1. The summed E-state index contributed by atoms with van der Waals surface area (Å²) in [7, 11) is 0. The topological polar surface area (TPSA) is 73.8 Å². The number of carbonyl (C=O) groups is 1. The Labute approximate surface area is 130 Å². The molecule has 2 aromatic rings. The fraction of sp³-hybridized carbons (Fsp3) is 0.471. The molecule has 0 fully saturated rings. The molecule has 0 saturated heterocycles. The van der Waals surface area contributed by atoms with E-state index in [9.17, 15) is 4.79 Å². The number of nitrogens with zero attached hydrogens (tertiary/aromatic N) is 3. The highest BCUT2D eigenvalue weighted by Crippen LogP contribution is 2.40. The number of ketones is 1. The maximum atomic E-state index is 12.3. The third-order valence-corrected chi connectivity index (χ3v) is 4.38. The first kappa shape index (κ1) is 14.8. The lowest BCUT2D eigenvalue weighted by molar-refractivity contribution is 0.0990. The Morgan fingerprint density at radius 2 is 2.32 bits per heavy atom. The van der Waals surface area contributed by atoms with Gasteiger partial charge in [-0.25, -0.2) is 9.67 Å². The summed E-state index contributed by atoms with van der Waals surface area (Å²) in [5.74, 6) is 0.193. The molecular formula is C17H22N4O. The van der Waals surface area contributed by atoms with E-state index in [4.69, 9.17) is 10.7 Å². The van der Waals surface area contributed by atoms with Crippen LogP contribution >= 0.6 is 0 Å². The van der Waals surface area contributed by atoms with Gasteiger partial charge in [-0.15, -0.1) is 6.58 Å². The fourth-order valence-corrected chi connectivity index (χ4v) is 3.21. The van der Waals surface area contributed by atoms with Crippen molar-refractivity contribution < 1.29 is 4.79 Å². The SMILES string of the molecule is C=CCC1CC(=O)c2c1nc1c(cnn1CCCCC)c2N. The van der Waals surface area contributed by atoms with E-state index in [2.05, 4.69) is 18.6 Å². The van der Waals surface area contributed by atoms with Crippen LogP contribution in [0.15, 0.2) is 18.9 Å². The number of nitrogen functional groups attached to an aromatic ring is 1. The van der Waals surface area contributed by atoms with Gasteiger partial charge in [0, 0.05) is 18.9 Å². The zero-order chi connectivity index (χ0) is 15.7. The third-order valence-electron chi connectivity index (χ3n) is 4.38. The lowest BCUT2D eigenvalue weighted by atomic mass is 10.0. The number of unbranched alkanes of at least 4 members (excludes halogenated alkanes) is 2. The van der Waals surface area contributed by atoms with Gasteiger partial charge in [0.1, 0.15) is 0 Å². The van der Waals surface area contributed by atoms with Gasteiger partial charge in [-0.05, 0) is 12.8 Å². The molecular weight excluding hydrogens is 276 g/mol. The minimum absolute atomic E-state index is 0.0903. The van der Waals surface area contributed by atoms with E-state index in [1.807, 2.05) is 10.8 Å². The number of carbonyl (C=O) groups excluding carboxylic acids is 1. The van der Waals surface area contributed by atoms with Crippen molar-refractivity contribution in [2.24, 2.45) is 0 Å². The van der Waals surface area contributed by atoms with Gasteiger partial charge in [0.05, 0.1) is 28.5 Å². The second-order valence-electron chi connectivity index (χ2n) is 5.95. The summed E-state index contributed by atoms with van der Waals surface area (Å²) >= 11 is 0. The standard InChI is InChI=1S/C17H22N4O/c1-3-5-6-8-21-17-12(10-19-21)15(18)14-13(22)9-11(7-4-2)16(14)20-17/h4,10-11H,2-3,5-9H2,1H3,(H2,18,20). The number of nitrogens with two attached hydrogens (primary N) is 1. The van der Waals surface area contributed by atoms with Gasteiger partial charge < -0.3 is 5.73 Å². The van der Waals surface area contributed by atoms with E-state index in [-0.39, 0.29) is 11.7 Å². The molecule has 2 aromatic heterocycles. The molecule has 5 nitrogen and oxygen atoms in total. The highest BCUT2D eigenvalue weighted by molar-refractivity contribution is 6.10. The Morgan fingerprint density at radius 3 is 3.05 bits per heavy atom. The first-order chi connectivity index (χ1) is 10.7. The first-order valence-electron chi connectivity index (χ1n) is 7.96. The van der Waals surface area contributed by atoms with E-state index < -0.39 is 0 Å². The van der Waals surface area contributed by atoms with Gasteiger partial charge in [0.15, 0.2) is 11.4 Å². The summed E-state index contributed by atoms with van der Waals surface area (Å²) in [5, 5.41) is 5.20. The zero-order valence-electron chi connectivity index (χ0n) is 13.0. The van der Waals surface area contributed by atoms with Crippen molar-refractivity contribution in [1.29, 1.82) is 0 Å². The van der Waals surface area contributed by atoms with Crippen molar-refractivity contribution in [3.8, 4) is 0 Å². The summed E-state index contributed by atoms with van der Waals surface area (Å²) in [4.78, 5) is 17.0.